The third-order valence-electron chi connectivity index (χ3n) is 4.70. The molecule has 0 radical (unpaired) electrons. The first-order valence-electron chi connectivity index (χ1n) is 9.91. The Morgan fingerprint density at radius 2 is 1.69 bits per heavy atom. The Balaban J connectivity index is 1.81. The number of aryl methyl sites for hydroxylation is 2. The molecule has 1 N–H and O–H groups in total. The van der Waals surface area contributed by atoms with Crippen LogP contribution in [0, 0.1) is 13.8 Å². The zero-order chi connectivity index (χ0) is 23.1. The van der Waals surface area contributed by atoms with Gasteiger partial charge in [-0.05, 0) is 67.6 Å². The van der Waals surface area contributed by atoms with Crippen molar-refractivity contribution in [2.24, 2.45) is 5.10 Å². The van der Waals surface area contributed by atoms with Gasteiger partial charge < -0.3 is 0 Å². The van der Waals surface area contributed by atoms with Crippen LogP contribution in [0.3, 0.4) is 0 Å². The fourth-order valence-corrected chi connectivity index (χ4v) is 4.79. The van der Waals surface area contributed by atoms with E-state index < -0.39 is 22.5 Å². The summed E-state index contributed by atoms with van der Waals surface area (Å²) < 4.78 is 27.8. The second kappa shape index (κ2) is 10.5. The molecular weight excluding hydrogens is 442 g/mol. The first-order chi connectivity index (χ1) is 15.3. The van der Waals surface area contributed by atoms with Crippen LogP contribution in [-0.4, -0.2) is 33.3 Å². The van der Waals surface area contributed by atoms with E-state index in [9.17, 15) is 13.2 Å². The van der Waals surface area contributed by atoms with Crippen LogP contribution < -0.4 is 9.73 Å². The van der Waals surface area contributed by atoms with Crippen molar-refractivity contribution >= 4 is 39.6 Å². The predicted molar refractivity (Wildman–Crippen MR) is 131 cm³/mol. The summed E-state index contributed by atoms with van der Waals surface area (Å²) in [7, 11) is -3.95. The van der Waals surface area contributed by atoms with Crippen molar-refractivity contribution in [3.8, 4) is 0 Å². The Morgan fingerprint density at radius 1 is 1.00 bits per heavy atom. The van der Waals surface area contributed by atoms with Crippen molar-refractivity contribution in [1.82, 2.24) is 5.43 Å². The summed E-state index contributed by atoms with van der Waals surface area (Å²) in [5.41, 5.74) is 5.50. The predicted octanol–water partition coefficient (Wildman–Crippen LogP) is 4.37. The van der Waals surface area contributed by atoms with Crippen LogP contribution in [-0.2, 0) is 14.8 Å². The highest BCUT2D eigenvalue weighted by molar-refractivity contribution is 7.98. The van der Waals surface area contributed by atoms with Gasteiger partial charge in [0.1, 0.15) is 6.54 Å². The van der Waals surface area contributed by atoms with Crippen LogP contribution >= 0.6 is 11.8 Å². The van der Waals surface area contributed by atoms with Crippen molar-refractivity contribution in [3.63, 3.8) is 0 Å². The number of benzene rings is 3. The monoisotopic (exact) mass is 467 g/mol. The summed E-state index contributed by atoms with van der Waals surface area (Å²) in [4.78, 5) is 13.8. The molecule has 166 valence electrons. The average molecular weight is 468 g/mol. The fraction of sp³-hybridized carbons (Fsp3) is 0.167. The maximum atomic E-state index is 13.4. The second-order valence-electron chi connectivity index (χ2n) is 7.23. The van der Waals surface area contributed by atoms with Crippen LogP contribution in [0.25, 0.3) is 0 Å². The first kappa shape index (κ1) is 23.6. The number of thioether (sulfide) groups is 1. The Labute approximate surface area is 193 Å². The number of nitrogens with one attached hydrogen (secondary N) is 1. The van der Waals surface area contributed by atoms with Crippen LogP contribution in [0.15, 0.2) is 87.7 Å². The van der Waals surface area contributed by atoms with Gasteiger partial charge in [0.25, 0.3) is 15.9 Å². The SMILES string of the molecule is CSc1ccc(/C=N\NC(=O)CN(c2cccc(C)c2)S(=O)(=O)c2ccc(C)cc2)cc1. The highest BCUT2D eigenvalue weighted by Crippen LogP contribution is 2.24. The van der Waals surface area contributed by atoms with Crippen LogP contribution in [0.5, 0.6) is 0 Å². The van der Waals surface area contributed by atoms with Gasteiger partial charge in [0, 0.05) is 4.90 Å². The molecule has 8 heteroatoms. The molecule has 0 aromatic heterocycles. The Morgan fingerprint density at radius 3 is 2.31 bits per heavy atom. The van der Waals surface area contributed by atoms with Gasteiger partial charge in [-0.2, -0.15) is 5.10 Å². The molecule has 32 heavy (non-hydrogen) atoms. The summed E-state index contributed by atoms with van der Waals surface area (Å²) in [5.74, 6) is -0.542. The zero-order valence-electron chi connectivity index (χ0n) is 18.1. The number of carbonyl (C=O) groups excluding carboxylic acids is 1. The fourth-order valence-electron chi connectivity index (χ4n) is 2.97. The minimum absolute atomic E-state index is 0.120. The number of nitrogens with zero attached hydrogens (tertiary/aromatic N) is 2. The molecular formula is C24H25N3O3S2. The van der Waals surface area contributed by atoms with Crippen molar-refractivity contribution < 1.29 is 13.2 Å². The molecule has 0 saturated heterocycles. The van der Waals surface area contributed by atoms with Crippen molar-refractivity contribution in [1.29, 1.82) is 0 Å². The number of hydrogen-bond donors (Lipinski definition) is 1. The molecule has 0 aliphatic carbocycles. The third-order valence-corrected chi connectivity index (χ3v) is 7.24. The van der Waals surface area contributed by atoms with Gasteiger partial charge in [0.05, 0.1) is 16.8 Å². The number of carbonyl (C=O) groups is 1. The molecule has 0 bridgehead atoms. The molecule has 6 nitrogen and oxygen atoms in total. The highest BCUT2D eigenvalue weighted by atomic mass is 32.2. The lowest BCUT2D eigenvalue weighted by Gasteiger charge is -2.24. The minimum atomic E-state index is -3.95. The molecule has 0 fully saturated rings. The van der Waals surface area contributed by atoms with E-state index in [2.05, 4.69) is 10.5 Å². The largest absolute Gasteiger partial charge is 0.271 e. The van der Waals surface area contributed by atoms with Gasteiger partial charge in [0.2, 0.25) is 0 Å². The van der Waals surface area contributed by atoms with E-state index in [1.165, 1.54) is 6.21 Å². The molecule has 0 spiro atoms. The van der Waals surface area contributed by atoms with E-state index in [0.29, 0.717) is 5.69 Å². The van der Waals surface area contributed by atoms with Gasteiger partial charge in [-0.15, -0.1) is 11.8 Å². The summed E-state index contributed by atoms with van der Waals surface area (Å²) >= 11 is 1.64. The topological polar surface area (TPSA) is 78.8 Å². The minimum Gasteiger partial charge on any atom is -0.271 e. The van der Waals surface area contributed by atoms with Crippen LogP contribution in [0.2, 0.25) is 0 Å². The Kier molecular flexibility index (Phi) is 7.71. The molecule has 1 amide bonds. The summed E-state index contributed by atoms with van der Waals surface area (Å²) in [6.07, 6.45) is 3.52. The van der Waals surface area contributed by atoms with Crippen molar-refractivity contribution in [2.45, 2.75) is 23.6 Å². The number of anilines is 1. The van der Waals surface area contributed by atoms with Gasteiger partial charge in [-0.1, -0.05) is 42.0 Å². The Bertz CT molecular complexity index is 1210. The molecule has 0 unspecified atom stereocenters. The van der Waals surface area contributed by atoms with E-state index in [1.54, 1.807) is 54.2 Å². The standard InChI is InChI=1S/C24H25N3O3S2/c1-18-7-13-23(14-8-18)32(29,30)27(21-6-4-5-19(2)15-21)17-24(28)26-25-16-20-9-11-22(31-3)12-10-20/h4-16H,17H2,1-3H3,(H,26,28)/b25-16-. The van der Waals surface area contributed by atoms with Crippen LogP contribution in [0.1, 0.15) is 16.7 Å². The molecule has 3 aromatic rings. The van der Waals surface area contributed by atoms with Crippen LogP contribution in [0.4, 0.5) is 5.69 Å². The third kappa shape index (κ3) is 5.99. The normalized spacial score (nSPS) is 11.5. The number of amides is 1. The number of sulfonamides is 1. The van der Waals surface area contributed by atoms with E-state index in [4.69, 9.17) is 0 Å². The maximum Gasteiger partial charge on any atom is 0.264 e. The molecule has 0 atom stereocenters. The van der Waals surface area contributed by atoms with E-state index in [1.807, 2.05) is 50.4 Å². The molecule has 0 aliphatic rings. The zero-order valence-corrected chi connectivity index (χ0v) is 19.8. The van der Waals surface area contributed by atoms with Gasteiger partial charge in [-0.25, -0.2) is 13.8 Å². The quantitative estimate of drug-likeness (QED) is 0.303. The molecule has 0 heterocycles. The van der Waals surface area contributed by atoms with E-state index >= 15 is 0 Å². The Hall–Kier alpha value is -3.10. The molecule has 0 aliphatic heterocycles. The summed E-state index contributed by atoms with van der Waals surface area (Å²) in [6, 6.07) is 21.3. The first-order valence-corrected chi connectivity index (χ1v) is 12.6. The molecule has 0 saturated carbocycles. The lowest BCUT2D eigenvalue weighted by atomic mass is 10.2. The summed E-state index contributed by atoms with van der Waals surface area (Å²) in [5, 5.41) is 3.97. The van der Waals surface area contributed by atoms with Crippen molar-refractivity contribution in [3.05, 3.63) is 89.5 Å². The highest BCUT2D eigenvalue weighted by Gasteiger charge is 2.27. The number of rotatable bonds is 8. The smallest absolute Gasteiger partial charge is 0.264 e. The second-order valence-corrected chi connectivity index (χ2v) is 9.97. The lowest BCUT2D eigenvalue weighted by Crippen LogP contribution is -2.39. The van der Waals surface area contributed by atoms with Gasteiger partial charge in [-0.3, -0.25) is 9.10 Å². The van der Waals surface area contributed by atoms with E-state index in [-0.39, 0.29) is 4.90 Å². The van der Waals surface area contributed by atoms with E-state index in [0.717, 1.165) is 25.9 Å². The lowest BCUT2D eigenvalue weighted by molar-refractivity contribution is -0.119. The van der Waals surface area contributed by atoms with Gasteiger partial charge in [0.15, 0.2) is 0 Å². The maximum absolute atomic E-state index is 13.4. The molecule has 3 rings (SSSR count). The van der Waals surface area contributed by atoms with Gasteiger partial charge >= 0.3 is 0 Å². The number of hydrogen-bond acceptors (Lipinski definition) is 5. The summed E-state index contributed by atoms with van der Waals surface area (Å²) in [6.45, 7) is 3.35. The average Bonchev–Trinajstić information content (AvgIpc) is 2.78. The molecule has 3 aromatic carbocycles. The number of hydrazone groups is 1. The van der Waals surface area contributed by atoms with Crippen molar-refractivity contribution in [2.75, 3.05) is 17.1 Å².